The van der Waals surface area contributed by atoms with Crippen LogP contribution in [0.25, 0.3) is 10.8 Å². The minimum absolute atomic E-state index is 0.00903. The van der Waals surface area contributed by atoms with E-state index < -0.39 is 5.91 Å². The van der Waals surface area contributed by atoms with E-state index in [1.165, 1.54) is 17.8 Å². The van der Waals surface area contributed by atoms with Gasteiger partial charge in [0.1, 0.15) is 11.5 Å². The molecule has 4 aromatic carbocycles. The van der Waals surface area contributed by atoms with E-state index in [9.17, 15) is 9.90 Å². The van der Waals surface area contributed by atoms with Crippen molar-refractivity contribution in [3.63, 3.8) is 0 Å². The number of nitrogens with one attached hydrogen (secondary N) is 1. The topological polar surface area (TPSA) is 95.6 Å². The maximum Gasteiger partial charge on any atom is 0.277 e. The normalized spacial score (nSPS) is 12.3. The van der Waals surface area contributed by atoms with E-state index >= 15 is 0 Å². The molecule has 0 aliphatic heterocycles. The summed E-state index contributed by atoms with van der Waals surface area (Å²) in [5.74, 6) is 0.688. The number of carbonyl (C=O) groups is 1. The zero-order valence-corrected chi connectivity index (χ0v) is 20.3. The Hall–Kier alpha value is -4.52. The molecule has 0 aromatic heterocycles. The number of hydrogen-bond donors (Lipinski definition) is 2. The van der Waals surface area contributed by atoms with Crippen molar-refractivity contribution in [3.05, 3.63) is 96.1 Å². The van der Waals surface area contributed by atoms with Gasteiger partial charge in [-0.05, 0) is 59.7 Å². The highest BCUT2D eigenvalue weighted by Crippen LogP contribution is 2.29. The van der Waals surface area contributed by atoms with Crippen LogP contribution in [0.15, 0.2) is 100 Å². The van der Waals surface area contributed by atoms with Crippen LogP contribution in [-0.2, 0) is 4.79 Å². The summed E-state index contributed by atoms with van der Waals surface area (Å²) in [4.78, 5) is 12.1. The Morgan fingerprint density at radius 2 is 1.78 bits per heavy atom. The molecule has 0 aliphatic rings. The van der Waals surface area contributed by atoms with Crippen LogP contribution in [-0.4, -0.2) is 23.8 Å². The third-order valence-electron chi connectivity index (χ3n) is 5.88. The van der Waals surface area contributed by atoms with Crippen molar-refractivity contribution in [2.24, 2.45) is 15.3 Å². The third-order valence-corrected chi connectivity index (χ3v) is 5.88. The summed E-state index contributed by atoms with van der Waals surface area (Å²) in [6, 6.07) is 26.3. The van der Waals surface area contributed by atoms with Gasteiger partial charge in [-0.25, -0.2) is 5.43 Å². The Balaban J connectivity index is 1.35. The van der Waals surface area contributed by atoms with Crippen molar-refractivity contribution in [3.8, 4) is 11.5 Å². The number of rotatable bonds is 9. The van der Waals surface area contributed by atoms with E-state index in [1.807, 2.05) is 66.7 Å². The average Bonchev–Trinajstić information content (AvgIpc) is 2.92. The number of carbonyl (C=O) groups excluding carboxylic acids is 1. The first-order valence-corrected chi connectivity index (χ1v) is 11.8. The third kappa shape index (κ3) is 6.33. The number of nitrogens with zero attached hydrogens (tertiary/aromatic N) is 3. The first-order valence-electron chi connectivity index (χ1n) is 11.8. The van der Waals surface area contributed by atoms with Crippen LogP contribution in [0.3, 0.4) is 0 Å². The fraction of sp³-hybridized carbons (Fsp3) is 0.172. The van der Waals surface area contributed by atoms with Crippen LogP contribution in [0.2, 0.25) is 0 Å². The molecule has 36 heavy (non-hydrogen) atoms. The smallest absolute Gasteiger partial charge is 0.277 e. The van der Waals surface area contributed by atoms with Crippen LogP contribution in [0.5, 0.6) is 11.5 Å². The summed E-state index contributed by atoms with van der Waals surface area (Å²) < 4.78 is 5.52. The molecule has 0 saturated carbocycles. The van der Waals surface area contributed by atoms with Gasteiger partial charge in [0, 0.05) is 10.9 Å². The molecule has 1 unspecified atom stereocenters. The monoisotopic (exact) mass is 480 g/mol. The number of amides is 1. The largest absolute Gasteiger partial charge is 0.507 e. The SMILES string of the molecule is CCC(C)c1ccc(OCC(=O)N/N=C/c2cc(N=Nc3cccc4ccccc34)ccc2O)cc1. The fourth-order valence-corrected chi connectivity index (χ4v) is 3.60. The van der Waals surface area contributed by atoms with Gasteiger partial charge < -0.3 is 9.84 Å². The Labute approximate surface area is 210 Å². The molecule has 182 valence electrons. The molecule has 0 aliphatic carbocycles. The molecule has 2 N–H and O–H groups in total. The summed E-state index contributed by atoms with van der Waals surface area (Å²) in [5.41, 5.74) is 5.32. The summed E-state index contributed by atoms with van der Waals surface area (Å²) >= 11 is 0. The molecule has 1 amide bonds. The molecule has 0 saturated heterocycles. The van der Waals surface area contributed by atoms with E-state index in [-0.39, 0.29) is 12.4 Å². The highest BCUT2D eigenvalue weighted by molar-refractivity contribution is 5.92. The summed E-state index contributed by atoms with van der Waals surface area (Å²) in [7, 11) is 0. The number of aromatic hydroxyl groups is 1. The van der Waals surface area contributed by atoms with Gasteiger partial charge in [0.15, 0.2) is 6.61 Å². The highest BCUT2D eigenvalue weighted by Gasteiger charge is 2.06. The van der Waals surface area contributed by atoms with E-state index in [1.54, 1.807) is 12.1 Å². The highest BCUT2D eigenvalue weighted by atomic mass is 16.5. The Morgan fingerprint density at radius 3 is 2.58 bits per heavy atom. The number of benzene rings is 4. The lowest BCUT2D eigenvalue weighted by molar-refractivity contribution is -0.123. The van der Waals surface area contributed by atoms with Crippen molar-refractivity contribution < 1.29 is 14.6 Å². The standard InChI is InChI=1S/C29H28N4O3/c1-3-20(2)21-11-14-25(15-12-21)36-19-29(35)33-30-18-23-17-24(13-16-28(23)34)31-32-27-10-6-8-22-7-4-5-9-26(22)27/h4-18,20,34H,3,19H2,1-2H3,(H,33,35)/b30-18+,32-31?. The Bertz CT molecular complexity index is 1390. The van der Waals surface area contributed by atoms with Gasteiger partial charge in [-0.3, -0.25) is 4.79 Å². The number of azo groups is 1. The molecule has 4 rings (SSSR count). The molecule has 0 heterocycles. The molecule has 4 aromatic rings. The van der Waals surface area contributed by atoms with Crippen molar-refractivity contribution in [2.45, 2.75) is 26.2 Å². The molecular formula is C29H28N4O3. The molecule has 0 spiro atoms. The molecular weight excluding hydrogens is 452 g/mol. The second kappa shape index (κ2) is 11.8. The molecule has 0 bridgehead atoms. The van der Waals surface area contributed by atoms with Crippen molar-refractivity contribution >= 4 is 34.3 Å². The second-order valence-electron chi connectivity index (χ2n) is 8.40. The first kappa shape index (κ1) is 24.6. The lowest BCUT2D eigenvalue weighted by Gasteiger charge is -2.10. The van der Waals surface area contributed by atoms with Gasteiger partial charge in [0.25, 0.3) is 5.91 Å². The Kier molecular flexibility index (Phi) is 8.03. The number of hydrazone groups is 1. The van der Waals surface area contributed by atoms with Crippen LogP contribution in [0, 0.1) is 0 Å². The number of hydrogen-bond acceptors (Lipinski definition) is 6. The number of ether oxygens (including phenoxy) is 1. The zero-order chi connectivity index (χ0) is 25.3. The number of fused-ring (bicyclic) bond motifs is 1. The summed E-state index contributed by atoms with van der Waals surface area (Å²) in [5, 5.41) is 24.8. The lowest BCUT2D eigenvalue weighted by atomic mass is 9.99. The minimum atomic E-state index is -0.413. The zero-order valence-electron chi connectivity index (χ0n) is 20.3. The van der Waals surface area contributed by atoms with Gasteiger partial charge in [0.05, 0.1) is 17.6 Å². The first-order chi connectivity index (χ1) is 17.5. The van der Waals surface area contributed by atoms with Crippen LogP contribution in [0.4, 0.5) is 11.4 Å². The van der Waals surface area contributed by atoms with E-state index in [2.05, 4.69) is 34.6 Å². The Morgan fingerprint density at radius 1 is 1.00 bits per heavy atom. The van der Waals surface area contributed by atoms with Gasteiger partial charge in [0.2, 0.25) is 0 Å². The van der Waals surface area contributed by atoms with Gasteiger partial charge in [-0.15, -0.1) is 5.11 Å². The average molecular weight is 481 g/mol. The van der Waals surface area contributed by atoms with Crippen LogP contribution >= 0.6 is 0 Å². The maximum atomic E-state index is 12.1. The van der Waals surface area contributed by atoms with Gasteiger partial charge in [-0.2, -0.15) is 10.2 Å². The van der Waals surface area contributed by atoms with Gasteiger partial charge >= 0.3 is 0 Å². The molecule has 7 heteroatoms. The van der Waals surface area contributed by atoms with E-state index in [0.29, 0.717) is 22.9 Å². The van der Waals surface area contributed by atoms with Gasteiger partial charge in [-0.1, -0.05) is 62.4 Å². The summed E-state index contributed by atoms with van der Waals surface area (Å²) in [6.45, 7) is 4.14. The maximum absolute atomic E-state index is 12.1. The van der Waals surface area contributed by atoms with E-state index in [0.717, 1.165) is 22.9 Å². The fourth-order valence-electron chi connectivity index (χ4n) is 3.60. The van der Waals surface area contributed by atoms with Crippen LogP contribution in [0.1, 0.15) is 37.3 Å². The lowest BCUT2D eigenvalue weighted by Crippen LogP contribution is -2.24. The minimum Gasteiger partial charge on any atom is -0.507 e. The predicted octanol–water partition coefficient (Wildman–Crippen LogP) is 7.00. The number of phenolic OH excluding ortho intramolecular Hbond substituents is 1. The second-order valence-corrected chi connectivity index (χ2v) is 8.40. The van der Waals surface area contributed by atoms with Crippen molar-refractivity contribution in [2.75, 3.05) is 6.61 Å². The quantitative estimate of drug-likeness (QED) is 0.153. The molecule has 0 fully saturated rings. The molecule has 0 radical (unpaired) electrons. The van der Waals surface area contributed by atoms with Crippen LogP contribution < -0.4 is 10.2 Å². The molecule has 1 atom stereocenters. The number of phenols is 1. The molecule has 7 nitrogen and oxygen atoms in total. The van der Waals surface area contributed by atoms with E-state index in [4.69, 9.17) is 4.74 Å². The van der Waals surface area contributed by atoms with Crippen molar-refractivity contribution in [1.29, 1.82) is 0 Å². The summed E-state index contributed by atoms with van der Waals surface area (Å²) in [6.07, 6.45) is 2.41. The van der Waals surface area contributed by atoms with Crippen molar-refractivity contribution in [1.82, 2.24) is 5.43 Å². The predicted molar refractivity (Wildman–Crippen MR) is 143 cm³/mol.